The predicted octanol–water partition coefficient (Wildman–Crippen LogP) is 4.00. The molecule has 8 nitrogen and oxygen atoms in total. The summed E-state index contributed by atoms with van der Waals surface area (Å²) in [7, 11) is -2.03. The summed E-state index contributed by atoms with van der Waals surface area (Å²) in [4.78, 5) is 24.5. The predicted molar refractivity (Wildman–Crippen MR) is 115 cm³/mol. The molecule has 0 saturated carbocycles. The number of aromatic amines is 1. The van der Waals surface area contributed by atoms with Gasteiger partial charge in [0, 0.05) is 12.3 Å². The maximum absolute atomic E-state index is 12.3. The van der Waals surface area contributed by atoms with Gasteiger partial charge in [0.2, 0.25) is 0 Å². The van der Waals surface area contributed by atoms with Crippen molar-refractivity contribution in [2.75, 3.05) is 12.9 Å². The highest BCUT2D eigenvalue weighted by molar-refractivity contribution is 7.91. The highest BCUT2D eigenvalue weighted by atomic mass is 32.2. The zero-order chi connectivity index (χ0) is 22.0. The number of hydrogen-bond acceptors (Lipinski definition) is 7. The first-order chi connectivity index (χ1) is 14.9. The van der Waals surface area contributed by atoms with Crippen LogP contribution in [0.2, 0.25) is 0 Å². The quantitative estimate of drug-likeness (QED) is 0.454. The van der Waals surface area contributed by atoms with Crippen LogP contribution < -0.4 is 4.74 Å². The van der Waals surface area contributed by atoms with Crippen molar-refractivity contribution in [3.05, 3.63) is 66.4 Å². The third-order valence-corrected chi connectivity index (χ3v) is 6.44. The largest absolute Gasteiger partial charge is 0.465 e. The van der Waals surface area contributed by atoms with Gasteiger partial charge in [0.15, 0.2) is 15.7 Å². The van der Waals surface area contributed by atoms with Gasteiger partial charge < -0.3 is 14.5 Å². The highest BCUT2D eigenvalue weighted by Crippen LogP contribution is 2.31. The second kappa shape index (κ2) is 8.19. The van der Waals surface area contributed by atoms with E-state index < -0.39 is 15.8 Å². The summed E-state index contributed by atoms with van der Waals surface area (Å²) in [5.74, 6) is 0.604. The number of pyridine rings is 1. The Labute approximate surface area is 178 Å². The Kier molecular flexibility index (Phi) is 5.43. The van der Waals surface area contributed by atoms with Gasteiger partial charge in [-0.1, -0.05) is 13.0 Å². The topological polar surface area (TPSA) is 111 Å². The SMILES string of the molecule is CCS(=O)(=O)c1ccc(Oc2cc3nc(-c4ccccn4)[nH]c3cc2C(=O)OC)cc1. The molecule has 4 rings (SSSR count). The summed E-state index contributed by atoms with van der Waals surface area (Å²) in [5, 5.41) is 0. The summed E-state index contributed by atoms with van der Waals surface area (Å²) in [6.07, 6.45) is 1.67. The van der Waals surface area contributed by atoms with Crippen LogP contribution in [0.15, 0.2) is 65.7 Å². The molecule has 0 radical (unpaired) electrons. The van der Waals surface area contributed by atoms with E-state index in [0.717, 1.165) is 0 Å². The molecule has 2 heterocycles. The Balaban J connectivity index is 1.74. The van der Waals surface area contributed by atoms with E-state index in [9.17, 15) is 13.2 Å². The molecule has 0 amide bonds. The van der Waals surface area contributed by atoms with Crippen LogP contribution in [0.1, 0.15) is 17.3 Å². The minimum atomic E-state index is -3.32. The second-order valence-corrected chi connectivity index (χ2v) is 8.91. The number of nitrogens with zero attached hydrogens (tertiary/aromatic N) is 2. The summed E-state index contributed by atoms with van der Waals surface area (Å²) < 4.78 is 34.8. The lowest BCUT2D eigenvalue weighted by Gasteiger charge is -2.11. The summed E-state index contributed by atoms with van der Waals surface area (Å²) >= 11 is 0. The third-order valence-electron chi connectivity index (χ3n) is 4.69. The second-order valence-electron chi connectivity index (χ2n) is 6.63. The van der Waals surface area contributed by atoms with Crippen LogP contribution in [-0.4, -0.2) is 42.2 Å². The van der Waals surface area contributed by atoms with Crippen LogP contribution in [0.3, 0.4) is 0 Å². The molecule has 4 aromatic rings. The number of carbonyl (C=O) groups excluding carboxylic acids is 1. The smallest absolute Gasteiger partial charge is 0.341 e. The maximum Gasteiger partial charge on any atom is 0.341 e. The van der Waals surface area contributed by atoms with Crippen molar-refractivity contribution < 1.29 is 22.7 Å². The number of imidazole rings is 1. The average Bonchev–Trinajstić information content (AvgIpc) is 3.22. The van der Waals surface area contributed by atoms with Crippen molar-refractivity contribution in [2.24, 2.45) is 0 Å². The number of aromatic nitrogens is 3. The number of sulfone groups is 1. The highest BCUT2D eigenvalue weighted by Gasteiger charge is 2.19. The molecule has 9 heteroatoms. The monoisotopic (exact) mass is 437 g/mol. The van der Waals surface area contributed by atoms with Gasteiger partial charge in [0.25, 0.3) is 0 Å². The number of nitrogens with one attached hydrogen (secondary N) is 1. The number of H-pyrrole nitrogens is 1. The van der Waals surface area contributed by atoms with Gasteiger partial charge in [-0.05, 0) is 42.5 Å². The lowest BCUT2D eigenvalue weighted by molar-refractivity contribution is 0.0598. The molecule has 1 N–H and O–H groups in total. The Morgan fingerprint density at radius 3 is 2.52 bits per heavy atom. The van der Waals surface area contributed by atoms with E-state index in [2.05, 4.69) is 15.0 Å². The molecule has 0 aliphatic heterocycles. The summed E-state index contributed by atoms with van der Waals surface area (Å²) in [5.41, 5.74) is 2.07. The van der Waals surface area contributed by atoms with Gasteiger partial charge in [0.1, 0.15) is 22.8 Å². The molecule has 2 aromatic carbocycles. The fraction of sp³-hybridized carbons (Fsp3) is 0.136. The van der Waals surface area contributed by atoms with E-state index in [0.29, 0.717) is 28.3 Å². The molecule has 0 saturated heterocycles. The van der Waals surface area contributed by atoms with Crippen molar-refractivity contribution in [1.29, 1.82) is 0 Å². The molecule has 0 aliphatic carbocycles. The number of methoxy groups -OCH3 is 1. The van der Waals surface area contributed by atoms with E-state index in [1.165, 1.54) is 31.4 Å². The lowest BCUT2D eigenvalue weighted by Crippen LogP contribution is -2.05. The summed E-state index contributed by atoms with van der Waals surface area (Å²) in [6.45, 7) is 1.58. The Hall–Kier alpha value is -3.72. The standard InChI is InChI=1S/C22H19N3O5S/c1-3-31(27,28)15-9-7-14(8-10-15)30-20-13-19-18(12-16(20)22(26)29-2)24-21(25-19)17-6-4-5-11-23-17/h4-13H,3H2,1-2H3,(H,24,25). The van der Waals surface area contributed by atoms with Crippen LogP contribution in [0.5, 0.6) is 11.5 Å². The van der Waals surface area contributed by atoms with Crippen molar-refractivity contribution in [3.63, 3.8) is 0 Å². The first-order valence-electron chi connectivity index (χ1n) is 9.45. The molecular weight excluding hydrogens is 418 g/mol. The van der Waals surface area contributed by atoms with Crippen molar-refractivity contribution in [1.82, 2.24) is 15.0 Å². The number of rotatable bonds is 6. The Morgan fingerprint density at radius 2 is 1.87 bits per heavy atom. The first-order valence-corrected chi connectivity index (χ1v) is 11.1. The van der Waals surface area contributed by atoms with Gasteiger partial charge in [-0.25, -0.2) is 18.2 Å². The molecule has 158 valence electrons. The Morgan fingerprint density at radius 1 is 1.10 bits per heavy atom. The van der Waals surface area contributed by atoms with Crippen molar-refractivity contribution in [2.45, 2.75) is 11.8 Å². The molecule has 0 unspecified atom stereocenters. The average molecular weight is 437 g/mol. The number of esters is 1. The van der Waals surface area contributed by atoms with E-state index in [1.807, 2.05) is 18.2 Å². The molecule has 0 fully saturated rings. The molecule has 0 atom stereocenters. The van der Waals surface area contributed by atoms with Gasteiger partial charge in [0.05, 0.1) is 28.8 Å². The van der Waals surface area contributed by atoms with Crippen LogP contribution in [0, 0.1) is 0 Å². The van der Waals surface area contributed by atoms with Crippen molar-refractivity contribution in [3.8, 4) is 23.0 Å². The number of benzene rings is 2. The van der Waals surface area contributed by atoms with E-state index >= 15 is 0 Å². The van der Waals surface area contributed by atoms with Crippen LogP contribution >= 0.6 is 0 Å². The normalized spacial score (nSPS) is 11.4. The lowest BCUT2D eigenvalue weighted by atomic mass is 10.1. The minimum absolute atomic E-state index is 0.00806. The van der Waals surface area contributed by atoms with Crippen LogP contribution in [0.4, 0.5) is 0 Å². The van der Waals surface area contributed by atoms with Gasteiger partial charge >= 0.3 is 5.97 Å². The van der Waals surface area contributed by atoms with E-state index in [-0.39, 0.29) is 22.0 Å². The first kappa shape index (κ1) is 20.5. The number of carbonyl (C=O) groups is 1. The van der Waals surface area contributed by atoms with E-state index in [4.69, 9.17) is 9.47 Å². The summed E-state index contributed by atoms with van der Waals surface area (Å²) in [6, 6.07) is 14.7. The molecular formula is C22H19N3O5S. The van der Waals surface area contributed by atoms with Gasteiger partial charge in [-0.3, -0.25) is 4.98 Å². The maximum atomic E-state index is 12.3. The number of hydrogen-bond donors (Lipinski definition) is 1. The molecule has 0 spiro atoms. The molecule has 31 heavy (non-hydrogen) atoms. The van der Waals surface area contributed by atoms with E-state index in [1.54, 1.807) is 25.3 Å². The Bertz CT molecular complexity index is 1350. The number of fused-ring (bicyclic) bond motifs is 1. The molecule has 0 aliphatic rings. The zero-order valence-electron chi connectivity index (χ0n) is 16.8. The molecule has 0 bridgehead atoms. The molecule has 2 aromatic heterocycles. The van der Waals surface area contributed by atoms with Crippen LogP contribution in [-0.2, 0) is 14.6 Å². The van der Waals surface area contributed by atoms with Gasteiger partial charge in [-0.2, -0.15) is 0 Å². The minimum Gasteiger partial charge on any atom is -0.465 e. The number of ether oxygens (including phenoxy) is 2. The zero-order valence-corrected chi connectivity index (χ0v) is 17.6. The third kappa shape index (κ3) is 4.13. The van der Waals surface area contributed by atoms with Gasteiger partial charge in [-0.15, -0.1) is 0 Å². The van der Waals surface area contributed by atoms with Crippen molar-refractivity contribution >= 4 is 26.8 Å². The van der Waals surface area contributed by atoms with Crippen LogP contribution in [0.25, 0.3) is 22.6 Å². The fourth-order valence-corrected chi connectivity index (χ4v) is 3.91. The fourth-order valence-electron chi connectivity index (χ4n) is 3.02.